The van der Waals surface area contributed by atoms with Gasteiger partial charge in [-0.1, -0.05) is 133 Å². The lowest BCUT2D eigenvalue weighted by atomic mass is 9.43. The lowest BCUT2D eigenvalue weighted by Crippen LogP contribution is -2.58. The summed E-state index contributed by atoms with van der Waals surface area (Å²) in [4.78, 5) is 4.10. The van der Waals surface area contributed by atoms with E-state index in [1.165, 1.54) is 144 Å². The molecule has 0 atom stereocenters. The Morgan fingerprint density at radius 1 is 0.532 bits per heavy atom. The minimum Gasteiger partial charge on any atom is -0.367 e. The predicted molar refractivity (Wildman–Crippen MR) is 268 cm³/mol. The fourth-order valence-corrected chi connectivity index (χ4v) is 14.2. The Kier molecular flexibility index (Phi) is 7.12. The zero-order valence-electron chi connectivity index (χ0n) is 37.3. The maximum atomic E-state index is 2.80. The minimum absolute atomic E-state index is 0.0296. The summed E-state index contributed by atoms with van der Waals surface area (Å²) in [6.45, 7) is 21.7. The van der Waals surface area contributed by atoms with Crippen LogP contribution in [0.25, 0.3) is 64.6 Å². The van der Waals surface area contributed by atoms with Crippen molar-refractivity contribution in [2.45, 2.75) is 91.4 Å². The second-order valence-corrected chi connectivity index (χ2v) is 21.9. The summed E-state index contributed by atoms with van der Waals surface area (Å²) in [5.74, 6) is 0. The minimum atomic E-state index is -0.210. The van der Waals surface area contributed by atoms with Crippen molar-refractivity contribution in [3.8, 4) is 33.4 Å². The summed E-state index contributed by atoms with van der Waals surface area (Å²) < 4.78 is 4.15. The van der Waals surface area contributed by atoms with Crippen LogP contribution in [0.2, 0.25) is 0 Å². The molecule has 4 heteroatoms. The van der Waals surface area contributed by atoms with Gasteiger partial charge in [-0.3, -0.25) is 0 Å². The summed E-state index contributed by atoms with van der Waals surface area (Å²) in [5, 5.41) is 4.10. The third-order valence-electron chi connectivity index (χ3n) is 16.0. The number of thiophene rings is 1. The molecule has 0 bridgehead atoms. The van der Waals surface area contributed by atoms with E-state index in [0.29, 0.717) is 0 Å². The fraction of sp³-hybridized carbons (Fsp3) is 0.241. The third kappa shape index (κ3) is 4.51. The molecule has 4 heterocycles. The number of rotatable bonds is 2. The van der Waals surface area contributed by atoms with E-state index < -0.39 is 0 Å². The van der Waals surface area contributed by atoms with Crippen LogP contribution in [0.15, 0.2) is 121 Å². The van der Waals surface area contributed by atoms with Gasteiger partial charge in [0.25, 0.3) is 0 Å². The van der Waals surface area contributed by atoms with Gasteiger partial charge in [-0.15, -0.1) is 11.3 Å². The standard InChI is InChI=1S/C58H51BN2S/c1-32-16-14-17-33(2)49(32)35-29-41-38-20-15-21-40-50-39-19-11-13-23-48(39)62-55(50)61(54(38)40)59-52(41)47(30-35)60(46-31-44-43(28-34(46)3)56(4,5)26-27-57(44,6)7)45-25-24-37-36-18-10-12-22-42(36)58(8,9)51(37)53(45)59/h10-25,28-31H,26-27H2,1-9H3. The molecule has 4 aliphatic rings. The molecule has 0 fully saturated rings. The maximum absolute atomic E-state index is 2.80. The number of benzene rings is 7. The summed E-state index contributed by atoms with van der Waals surface area (Å²) in [5.41, 5.74) is 26.0. The molecule has 0 saturated heterocycles. The van der Waals surface area contributed by atoms with E-state index in [-0.39, 0.29) is 23.1 Å². The van der Waals surface area contributed by atoms with E-state index in [0.717, 1.165) is 0 Å². The maximum Gasteiger partial charge on any atom is 0.334 e. The Hall–Kier alpha value is -5.84. The number of fused-ring (bicyclic) bond motifs is 14. The highest BCUT2D eigenvalue weighted by molar-refractivity contribution is 7.26. The average Bonchev–Trinajstić information content (AvgIpc) is 3.86. The second-order valence-electron chi connectivity index (χ2n) is 20.9. The molecule has 0 unspecified atom stereocenters. The van der Waals surface area contributed by atoms with Crippen LogP contribution in [0, 0.1) is 20.8 Å². The van der Waals surface area contributed by atoms with E-state index in [4.69, 9.17) is 0 Å². The second kappa shape index (κ2) is 12.0. The van der Waals surface area contributed by atoms with Gasteiger partial charge >= 0.3 is 6.85 Å². The van der Waals surface area contributed by atoms with Crippen molar-refractivity contribution in [1.29, 1.82) is 0 Å². The lowest BCUT2D eigenvalue weighted by Gasteiger charge is -2.45. The highest BCUT2D eigenvalue weighted by atomic mass is 32.1. The molecular formula is C58H51BN2S. The molecule has 2 aliphatic carbocycles. The zero-order chi connectivity index (χ0) is 42.4. The zero-order valence-corrected chi connectivity index (χ0v) is 38.2. The highest BCUT2D eigenvalue weighted by Crippen LogP contribution is 2.56. The number of nitrogens with zero attached hydrogens (tertiary/aromatic N) is 2. The van der Waals surface area contributed by atoms with Gasteiger partial charge in [0.05, 0.1) is 4.83 Å². The first-order valence-corrected chi connectivity index (χ1v) is 23.5. The van der Waals surface area contributed by atoms with E-state index in [1.807, 2.05) is 11.3 Å². The van der Waals surface area contributed by atoms with E-state index in [2.05, 4.69) is 193 Å². The average molecular weight is 819 g/mol. The Balaban J connectivity index is 1.24. The number of aromatic nitrogens is 1. The van der Waals surface area contributed by atoms with E-state index in [1.54, 1.807) is 0 Å². The fourth-order valence-electron chi connectivity index (χ4n) is 12.9. The molecule has 2 aromatic heterocycles. The van der Waals surface area contributed by atoms with Crippen molar-refractivity contribution in [2.24, 2.45) is 0 Å². The van der Waals surface area contributed by atoms with Crippen LogP contribution in [0.4, 0.5) is 17.1 Å². The van der Waals surface area contributed by atoms with E-state index in [9.17, 15) is 0 Å². The van der Waals surface area contributed by atoms with E-state index >= 15 is 0 Å². The smallest absolute Gasteiger partial charge is 0.334 e. The van der Waals surface area contributed by atoms with Crippen molar-refractivity contribution in [3.05, 3.63) is 160 Å². The Bertz CT molecular complexity index is 3480. The first kappa shape index (κ1) is 36.8. The van der Waals surface area contributed by atoms with Crippen molar-refractivity contribution < 1.29 is 0 Å². The highest BCUT2D eigenvalue weighted by Gasteiger charge is 2.50. The molecule has 2 nitrogen and oxygen atoms in total. The summed E-state index contributed by atoms with van der Waals surface area (Å²) in [6, 6.07) is 47.5. The van der Waals surface area contributed by atoms with Gasteiger partial charge < -0.3 is 9.38 Å². The van der Waals surface area contributed by atoms with Gasteiger partial charge in [0.2, 0.25) is 0 Å². The topological polar surface area (TPSA) is 8.17 Å². The van der Waals surface area contributed by atoms with Crippen molar-refractivity contribution in [3.63, 3.8) is 0 Å². The number of hydrogen-bond acceptors (Lipinski definition) is 2. The van der Waals surface area contributed by atoms with Crippen molar-refractivity contribution >= 4 is 77.4 Å². The quantitative estimate of drug-likeness (QED) is 0.158. The summed E-state index contributed by atoms with van der Waals surface area (Å²) in [7, 11) is 0. The molecule has 2 aliphatic heterocycles. The van der Waals surface area contributed by atoms with Crippen molar-refractivity contribution in [2.75, 3.05) is 4.90 Å². The molecule has 0 saturated carbocycles. The predicted octanol–water partition coefficient (Wildman–Crippen LogP) is 14.7. The van der Waals surface area contributed by atoms with Gasteiger partial charge in [-0.2, -0.15) is 0 Å². The molecule has 0 radical (unpaired) electrons. The van der Waals surface area contributed by atoms with Crippen LogP contribution < -0.4 is 15.8 Å². The van der Waals surface area contributed by atoms with Crippen LogP contribution in [-0.4, -0.2) is 11.3 Å². The number of anilines is 3. The lowest BCUT2D eigenvalue weighted by molar-refractivity contribution is 0.332. The monoisotopic (exact) mass is 818 g/mol. The molecule has 62 heavy (non-hydrogen) atoms. The van der Waals surface area contributed by atoms with Gasteiger partial charge in [0.1, 0.15) is 0 Å². The normalized spacial score (nSPS) is 17.0. The van der Waals surface area contributed by atoms with Crippen molar-refractivity contribution in [1.82, 2.24) is 4.48 Å². The Labute approximate surface area is 370 Å². The molecule has 13 rings (SSSR count). The summed E-state index contributed by atoms with van der Waals surface area (Å²) in [6.07, 6.45) is 2.38. The number of aryl methyl sites for hydroxylation is 3. The van der Waals surface area contributed by atoms with Crippen LogP contribution in [0.5, 0.6) is 0 Å². The summed E-state index contributed by atoms with van der Waals surface area (Å²) >= 11 is 1.97. The van der Waals surface area contributed by atoms with Gasteiger partial charge in [0, 0.05) is 54.4 Å². The number of para-hydroxylation sites is 1. The van der Waals surface area contributed by atoms with Gasteiger partial charge in [0.15, 0.2) is 0 Å². The van der Waals surface area contributed by atoms with Crippen LogP contribution in [0.3, 0.4) is 0 Å². The number of hydrogen-bond donors (Lipinski definition) is 0. The molecule has 302 valence electrons. The molecule has 0 amide bonds. The molecule has 0 N–H and O–H groups in total. The van der Waals surface area contributed by atoms with Crippen LogP contribution in [0.1, 0.15) is 93.3 Å². The third-order valence-corrected chi connectivity index (χ3v) is 17.2. The Morgan fingerprint density at radius 3 is 2.00 bits per heavy atom. The molecule has 7 aromatic carbocycles. The molecule has 0 spiro atoms. The first-order valence-electron chi connectivity index (χ1n) is 22.7. The SMILES string of the molecule is Cc1cc2c(cc1N1c3cc(-c4c(C)cccc4C)cc4c3B(c3c1ccc1c3C(C)(C)c3ccccc3-1)n1c3sc5ccccc5c3c3cccc-4c31)C(C)(C)CCC2(C)C. The molecular weight excluding hydrogens is 768 g/mol. The van der Waals surface area contributed by atoms with Gasteiger partial charge in [-0.25, -0.2) is 0 Å². The Morgan fingerprint density at radius 2 is 1.21 bits per heavy atom. The van der Waals surface area contributed by atoms with Crippen LogP contribution >= 0.6 is 11.3 Å². The first-order chi connectivity index (χ1) is 29.8. The molecule has 9 aromatic rings. The van der Waals surface area contributed by atoms with Gasteiger partial charge in [-0.05, 0) is 152 Å². The largest absolute Gasteiger partial charge is 0.367 e. The van der Waals surface area contributed by atoms with Crippen LogP contribution in [-0.2, 0) is 16.2 Å².